The number of carbonyl (C=O) groups excluding carboxylic acids is 2. The molecule has 1 amide bonds. The third kappa shape index (κ3) is 4.67. The zero-order valence-corrected chi connectivity index (χ0v) is 18.6. The first-order valence-corrected chi connectivity index (χ1v) is 12.6. The Kier molecular flexibility index (Phi) is 5.79. The van der Waals surface area contributed by atoms with Gasteiger partial charge < -0.3 is 10.6 Å². The normalized spacial score (nSPS) is 28.3. The SMILES string of the molecule is O=C(CSCC(=O)c1ccccc1)Nc1ccccc1NC12CC3CC(CC(C3)C1)C2. The Morgan fingerprint density at radius 2 is 1.39 bits per heavy atom. The summed E-state index contributed by atoms with van der Waals surface area (Å²) in [6.07, 6.45) is 8.03. The average Bonchev–Trinajstić information content (AvgIpc) is 2.74. The van der Waals surface area contributed by atoms with E-state index >= 15 is 0 Å². The number of para-hydroxylation sites is 2. The first-order chi connectivity index (χ1) is 15.1. The van der Waals surface area contributed by atoms with Crippen molar-refractivity contribution in [2.45, 2.75) is 44.1 Å². The molecule has 0 heterocycles. The lowest BCUT2D eigenvalue weighted by atomic mass is 9.53. The van der Waals surface area contributed by atoms with Crippen molar-refractivity contribution < 1.29 is 9.59 Å². The highest BCUT2D eigenvalue weighted by Gasteiger charge is 2.51. The number of amides is 1. The number of thioether (sulfide) groups is 1. The fraction of sp³-hybridized carbons (Fsp3) is 0.462. The predicted octanol–water partition coefficient (Wildman–Crippen LogP) is 5.62. The molecule has 2 N–H and O–H groups in total. The van der Waals surface area contributed by atoms with Crippen LogP contribution in [0.4, 0.5) is 11.4 Å². The lowest BCUT2D eigenvalue weighted by Crippen LogP contribution is -2.54. The van der Waals surface area contributed by atoms with Crippen LogP contribution in [0, 0.1) is 17.8 Å². The molecular formula is C26H30N2O2S. The molecule has 2 aromatic carbocycles. The lowest BCUT2D eigenvalue weighted by molar-refractivity contribution is -0.113. The molecule has 31 heavy (non-hydrogen) atoms. The van der Waals surface area contributed by atoms with Gasteiger partial charge in [0.05, 0.1) is 22.9 Å². The Hall–Kier alpha value is -2.27. The summed E-state index contributed by atoms with van der Waals surface area (Å²) in [5.74, 6) is 3.19. The van der Waals surface area contributed by atoms with Crippen LogP contribution in [0.1, 0.15) is 48.9 Å². The zero-order valence-electron chi connectivity index (χ0n) is 17.8. The van der Waals surface area contributed by atoms with Crippen LogP contribution in [0.3, 0.4) is 0 Å². The quantitative estimate of drug-likeness (QED) is 0.529. The van der Waals surface area contributed by atoms with E-state index in [0.717, 1.165) is 29.1 Å². The molecule has 0 atom stereocenters. The number of Topliss-reactive ketones (excluding diaryl/α,β-unsaturated/α-hetero) is 1. The first-order valence-electron chi connectivity index (χ1n) is 11.4. The van der Waals surface area contributed by atoms with Crippen LogP contribution >= 0.6 is 11.8 Å². The number of hydrogen-bond acceptors (Lipinski definition) is 4. The highest BCUT2D eigenvalue weighted by atomic mass is 32.2. The van der Waals surface area contributed by atoms with E-state index in [4.69, 9.17) is 0 Å². The van der Waals surface area contributed by atoms with Gasteiger partial charge in [-0.25, -0.2) is 0 Å². The molecule has 162 valence electrons. The Morgan fingerprint density at radius 3 is 2.03 bits per heavy atom. The summed E-state index contributed by atoms with van der Waals surface area (Å²) in [5, 5.41) is 6.95. The van der Waals surface area contributed by atoms with Crippen molar-refractivity contribution in [3.8, 4) is 0 Å². The van der Waals surface area contributed by atoms with E-state index in [1.165, 1.54) is 50.3 Å². The van der Waals surface area contributed by atoms with E-state index in [0.29, 0.717) is 11.3 Å². The summed E-state index contributed by atoms with van der Waals surface area (Å²) in [4.78, 5) is 24.8. The molecule has 0 aromatic heterocycles. The number of hydrogen-bond donors (Lipinski definition) is 2. The molecule has 4 aliphatic rings. The summed E-state index contributed by atoms with van der Waals surface area (Å²) in [6.45, 7) is 0. The summed E-state index contributed by atoms with van der Waals surface area (Å²) in [5.41, 5.74) is 2.77. The Balaban J connectivity index is 1.18. The maximum absolute atomic E-state index is 12.6. The van der Waals surface area contributed by atoms with Gasteiger partial charge in [0, 0.05) is 11.1 Å². The topological polar surface area (TPSA) is 58.2 Å². The van der Waals surface area contributed by atoms with Gasteiger partial charge in [-0.2, -0.15) is 0 Å². The number of rotatable bonds is 8. The molecule has 4 saturated carbocycles. The average molecular weight is 435 g/mol. The molecule has 4 fully saturated rings. The Labute approximate surface area is 188 Å². The summed E-state index contributed by atoms with van der Waals surface area (Å²) >= 11 is 1.36. The van der Waals surface area contributed by atoms with Crippen LogP contribution in [-0.4, -0.2) is 28.7 Å². The molecule has 0 aliphatic heterocycles. The van der Waals surface area contributed by atoms with Crippen molar-refractivity contribution in [2.75, 3.05) is 22.1 Å². The molecule has 0 spiro atoms. The fourth-order valence-corrected chi connectivity index (χ4v) is 7.09. The Morgan fingerprint density at radius 1 is 0.806 bits per heavy atom. The molecule has 4 aliphatic carbocycles. The second-order valence-electron chi connectivity index (χ2n) is 9.70. The van der Waals surface area contributed by atoms with Crippen LogP contribution in [0.2, 0.25) is 0 Å². The highest BCUT2D eigenvalue weighted by molar-refractivity contribution is 8.00. The number of benzene rings is 2. The minimum absolute atomic E-state index is 0.0577. The number of anilines is 2. The zero-order chi connectivity index (χ0) is 21.3. The predicted molar refractivity (Wildman–Crippen MR) is 128 cm³/mol. The minimum Gasteiger partial charge on any atom is -0.378 e. The molecule has 6 rings (SSSR count). The number of nitrogens with one attached hydrogen (secondary N) is 2. The van der Waals surface area contributed by atoms with Crippen molar-refractivity contribution in [2.24, 2.45) is 17.8 Å². The molecular weight excluding hydrogens is 404 g/mol. The standard InChI is InChI=1S/C26H30N2O2S/c29-24(21-6-2-1-3-7-21)16-31-17-25(30)27-22-8-4-5-9-23(22)28-26-13-18-10-19(14-26)12-20(11-18)15-26/h1-9,18-20,28H,10-17H2,(H,27,30). The van der Waals surface area contributed by atoms with Crippen molar-refractivity contribution in [1.82, 2.24) is 0 Å². The third-order valence-electron chi connectivity index (χ3n) is 7.20. The second kappa shape index (κ2) is 8.70. The van der Waals surface area contributed by atoms with Gasteiger partial charge in [-0.15, -0.1) is 11.8 Å². The smallest absolute Gasteiger partial charge is 0.234 e. The molecule has 2 aromatic rings. The fourth-order valence-electron chi connectivity index (χ4n) is 6.38. The molecule has 4 nitrogen and oxygen atoms in total. The molecule has 0 radical (unpaired) electrons. The van der Waals surface area contributed by atoms with Crippen molar-refractivity contribution >= 4 is 34.8 Å². The van der Waals surface area contributed by atoms with Crippen LogP contribution in [0.5, 0.6) is 0 Å². The highest BCUT2D eigenvalue weighted by Crippen LogP contribution is 2.56. The van der Waals surface area contributed by atoms with Gasteiger partial charge in [0.2, 0.25) is 5.91 Å². The lowest BCUT2D eigenvalue weighted by Gasteiger charge is -2.57. The second-order valence-corrected chi connectivity index (χ2v) is 10.7. The minimum atomic E-state index is -0.0642. The van der Waals surface area contributed by atoms with Gasteiger partial charge in [-0.3, -0.25) is 9.59 Å². The monoisotopic (exact) mass is 434 g/mol. The number of carbonyl (C=O) groups is 2. The van der Waals surface area contributed by atoms with Gasteiger partial charge in [0.15, 0.2) is 5.78 Å². The molecule has 0 unspecified atom stereocenters. The largest absolute Gasteiger partial charge is 0.378 e. The number of ketones is 1. The van der Waals surface area contributed by atoms with Gasteiger partial charge in [0.25, 0.3) is 0 Å². The third-order valence-corrected chi connectivity index (χ3v) is 8.13. The van der Waals surface area contributed by atoms with Crippen LogP contribution in [0.15, 0.2) is 54.6 Å². The van der Waals surface area contributed by atoms with E-state index in [2.05, 4.69) is 16.7 Å². The summed E-state index contributed by atoms with van der Waals surface area (Å²) in [6, 6.07) is 17.3. The van der Waals surface area contributed by atoms with Gasteiger partial charge in [-0.05, 0) is 68.4 Å². The molecule has 4 bridgehead atoms. The van der Waals surface area contributed by atoms with E-state index < -0.39 is 0 Å². The van der Waals surface area contributed by atoms with E-state index in [-0.39, 0.29) is 23.0 Å². The summed E-state index contributed by atoms with van der Waals surface area (Å²) < 4.78 is 0. The summed E-state index contributed by atoms with van der Waals surface area (Å²) in [7, 11) is 0. The van der Waals surface area contributed by atoms with E-state index in [1.54, 1.807) is 0 Å². The van der Waals surface area contributed by atoms with E-state index in [9.17, 15) is 9.59 Å². The van der Waals surface area contributed by atoms with Crippen LogP contribution in [0.25, 0.3) is 0 Å². The Bertz CT molecular complexity index is 924. The maximum atomic E-state index is 12.6. The molecule has 5 heteroatoms. The van der Waals surface area contributed by atoms with Crippen LogP contribution < -0.4 is 10.6 Å². The van der Waals surface area contributed by atoms with Crippen LogP contribution in [-0.2, 0) is 4.79 Å². The van der Waals surface area contributed by atoms with Crippen molar-refractivity contribution in [3.63, 3.8) is 0 Å². The maximum Gasteiger partial charge on any atom is 0.234 e. The van der Waals surface area contributed by atoms with E-state index in [1.807, 2.05) is 48.5 Å². The first kappa shape index (κ1) is 20.6. The molecule has 0 saturated heterocycles. The van der Waals surface area contributed by atoms with Gasteiger partial charge >= 0.3 is 0 Å². The van der Waals surface area contributed by atoms with Gasteiger partial charge in [-0.1, -0.05) is 42.5 Å². The van der Waals surface area contributed by atoms with Crippen molar-refractivity contribution in [1.29, 1.82) is 0 Å². The van der Waals surface area contributed by atoms with Gasteiger partial charge in [0.1, 0.15) is 0 Å². The van der Waals surface area contributed by atoms with Crippen molar-refractivity contribution in [3.05, 3.63) is 60.2 Å².